The predicted molar refractivity (Wildman–Crippen MR) is 174 cm³/mol. The number of ether oxygens (including phenoxy) is 3. The van der Waals surface area contributed by atoms with Crippen LogP contribution in [0.15, 0.2) is 85.2 Å². The molecule has 1 amide bonds. The first-order chi connectivity index (χ1) is 22.6. The molecule has 0 saturated carbocycles. The molecule has 6 rings (SSSR count). The lowest BCUT2D eigenvalue weighted by Crippen LogP contribution is -2.26. The summed E-state index contributed by atoms with van der Waals surface area (Å²) in [6, 6.07) is 25.7. The van der Waals surface area contributed by atoms with Crippen LogP contribution in [0.25, 0.3) is 22.3 Å². The summed E-state index contributed by atoms with van der Waals surface area (Å²) in [6.45, 7) is 1.42. The topological polar surface area (TPSA) is 159 Å². The maximum absolute atomic E-state index is 12.1. The fourth-order valence-corrected chi connectivity index (χ4v) is 5.39. The molecule has 12 heteroatoms. The summed E-state index contributed by atoms with van der Waals surface area (Å²) in [5.74, 6) is 1.56. The Labute approximate surface area is 266 Å². The Balaban J connectivity index is 1.12. The van der Waals surface area contributed by atoms with Gasteiger partial charge >= 0.3 is 6.09 Å². The number of benzene rings is 3. The van der Waals surface area contributed by atoms with Crippen LogP contribution >= 0.6 is 0 Å². The summed E-state index contributed by atoms with van der Waals surface area (Å²) in [7, 11) is 0. The van der Waals surface area contributed by atoms with Gasteiger partial charge in [-0.1, -0.05) is 72.8 Å². The summed E-state index contributed by atoms with van der Waals surface area (Å²) in [6.07, 6.45) is 2.39. The van der Waals surface area contributed by atoms with E-state index in [1.807, 2.05) is 83.4 Å². The molecule has 238 valence electrons. The van der Waals surface area contributed by atoms with E-state index in [-0.39, 0.29) is 31.4 Å². The van der Waals surface area contributed by atoms with Crippen LogP contribution in [-0.4, -0.2) is 56.6 Å². The molecule has 3 aromatic carbocycles. The van der Waals surface area contributed by atoms with Gasteiger partial charge in [0.25, 0.3) is 0 Å². The largest absolute Gasteiger partial charge is 0.493 e. The number of anilines is 2. The number of nitrogens with two attached hydrogens (primary N) is 1. The van der Waals surface area contributed by atoms with Gasteiger partial charge in [-0.15, -0.1) is 0 Å². The van der Waals surface area contributed by atoms with Crippen LogP contribution in [0.3, 0.4) is 0 Å². The van der Waals surface area contributed by atoms with Crippen molar-refractivity contribution in [1.82, 2.24) is 24.8 Å². The number of nitrogens with zero attached hydrogens (tertiary/aromatic N) is 4. The molecule has 1 aliphatic heterocycles. The van der Waals surface area contributed by atoms with E-state index in [1.54, 1.807) is 0 Å². The van der Waals surface area contributed by atoms with Crippen molar-refractivity contribution >= 4 is 29.0 Å². The van der Waals surface area contributed by atoms with E-state index in [4.69, 9.17) is 24.9 Å². The number of nitrogens with one attached hydrogen (secondary N) is 2. The Kier molecular flexibility index (Phi) is 9.86. The molecule has 3 heterocycles. The molecule has 5 N–H and O–H groups in total. The van der Waals surface area contributed by atoms with Crippen molar-refractivity contribution in [3.05, 3.63) is 96.3 Å². The van der Waals surface area contributed by atoms with E-state index in [1.165, 1.54) is 6.33 Å². The van der Waals surface area contributed by atoms with Crippen LogP contribution in [0.2, 0.25) is 0 Å². The van der Waals surface area contributed by atoms with Crippen LogP contribution in [-0.2, 0) is 22.6 Å². The number of nitrogen functional groups attached to an aromatic ring is 1. The highest BCUT2D eigenvalue weighted by molar-refractivity contribution is 5.84. The third kappa shape index (κ3) is 7.36. The van der Waals surface area contributed by atoms with Crippen LogP contribution in [0, 0.1) is 0 Å². The molecule has 0 radical (unpaired) electrons. The highest BCUT2D eigenvalue weighted by atomic mass is 16.5. The zero-order valence-electron chi connectivity index (χ0n) is 25.3. The number of fused-ring (bicyclic) bond motifs is 1. The average Bonchev–Trinajstić information content (AvgIpc) is 3.72. The molecule has 2 aromatic heterocycles. The minimum Gasteiger partial charge on any atom is -0.493 e. The van der Waals surface area contributed by atoms with Crippen molar-refractivity contribution in [2.45, 2.75) is 44.7 Å². The van der Waals surface area contributed by atoms with Crippen molar-refractivity contribution in [3.8, 4) is 16.9 Å². The van der Waals surface area contributed by atoms with Gasteiger partial charge in [-0.05, 0) is 42.0 Å². The molecule has 0 spiro atoms. The third-order valence-corrected chi connectivity index (χ3v) is 7.72. The van der Waals surface area contributed by atoms with E-state index in [0.29, 0.717) is 49.7 Å². The molecule has 0 unspecified atom stereocenters. The second-order valence-corrected chi connectivity index (χ2v) is 10.9. The standard InChI is InChI=1S/C34H37N7O5/c35-31-30-32(39-22-38-31)41(29-15-13-26(20-42)46-29)33(40-30)37-19-24-12-14-27(25-10-5-2-6-11-25)28(18-24)44-17-7-16-36-34(43)45-21-23-8-3-1-4-9-23/h1-6,8-12,14,18,22,26,29,42H,7,13,15-17,19-21H2,(H,36,43)(H,37,40)(H2,35,38,39)/t26-,29+/m0/s1. The Hall–Kier alpha value is -5.20. The monoisotopic (exact) mass is 623 g/mol. The normalized spacial score (nSPS) is 15.9. The molecular formula is C34H37N7O5. The number of hydrogen-bond donors (Lipinski definition) is 4. The Bertz CT molecular complexity index is 1750. The number of aliphatic hydroxyl groups excluding tert-OH is 1. The average molecular weight is 624 g/mol. The zero-order valence-corrected chi connectivity index (χ0v) is 25.3. The number of aromatic nitrogens is 4. The van der Waals surface area contributed by atoms with Gasteiger partial charge in [-0.25, -0.2) is 19.7 Å². The molecule has 1 fully saturated rings. The van der Waals surface area contributed by atoms with Gasteiger partial charge in [-0.3, -0.25) is 4.57 Å². The van der Waals surface area contributed by atoms with Gasteiger partial charge in [-0.2, -0.15) is 0 Å². The molecule has 2 atom stereocenters. The maximum Gasteiger partial charge on any atom is 0.407 e. The van der Waals surface area contributed by atoms with Gasteiger partial charge in [0.05, 0.1) is 19.3 Å². The number of rotatable bonds is 13. The summed E-state index contributed by atoms with van der Waals surface area (Å²) >= 11 is 0. The van der Waals surface area contributed by atoms with Crippen molar-refractivity contribution in [3.63, 3.8) is 0 Å². The van der Waals surface area contributed by atoms with Crippen molar-refractivity contribution in [1.29, 1.82) is 0 Å². The zero-order chi connectivity index (χ0) is 31.7. The minimum atomic E-state index is -0.462. The van der Waals surface area contributed by atoms with E-state index in [2.05, 4.69) is 20.6 Å². The second kappa shape index (κ2) is 14.7. The summed E-state index contributed by atoms with van der Waals surface area (Å²) in [4.78, 5) is 25.3. The molecule has 12 nitrogen and oxygen atoms in total. The number of imidazole rings is 1. The first-order valence-corrected chi connectivity index (χ1v) is 15.3. The SMILES string of the molecule is Nc1ncnc2c1nc(NCc1ccc(-c3ccccc3)c(OCCCNC(=O)OCc3ccccc3)c1)n2[C@H]1CC[C@@H](CO)O1. The van der Waals surface area contributed by atoms with Gasteiger partial charge in [0.2, 0.25) is 5.95 Å². The van der Waals surface area contributed by atoms with E-state index in [9.17, 15) is 9.90 Å². The maximum atomic E-state index is 12.1. The van der Waals surface area contributed by atoms with Crippen LogP contribution < -0.4 is 21.1 Å². The highest BCUT2D eigenvalue weighted by Crippen LogP contribution is 2.35. The summed E-state index contributed by atoms with van der Waals surface area (Å²) in [5, 5.41) is 15.8. The van der Waals surface area contributed by atoms with Crippen LogP contribution in [0.4, 0.5) is 16.6 Å². The number of alkyl carbamates (subject to hydrolysis) is 1. The van der Waals surface area contributed by atoms with Crippen LogP contribution in [0.1, 0.15) is 36.6 Å². The molecule has 0 aliphatic carbocycles. The molecular weight excluding hydrogens is 586 g/mol. The Morgan fingerprint density at radius 2 is 1.83 bits per heavy atom. The van der Waals surface area contributed by atoms with E-state index in [0.717, 1.165) is 34.4 Å². The second-order valence-electron chi connectivity index (χ2n) is 10.9. The summed E-state index contributed by atoms with van der Waals surface area (Å²) < 4.78 is 19.5. The smallest absolute Gasteiger partial charge is 0.407 e. The quantitative estimate of drug-likeness (QED) is 0.131. The first-order valence-electron chi connectivity index (χ1n) is 15.3. The number of aliphatic hydroxyl groups is 1. The number of carbonyl (C=O) groups excluding carboxylic acids is 1. The fraction of sp³-hybridized carbons (Fsp3) is 0.294. The van der Waals surface area contributed by atoms with Gasteiger partial charge in [0, 0.05) is 18.7 Å². The first kappa shape index (κ1) is 30.8. The van der Waals surface area contributed by atoms with Crippen molar-refractivity contribution in [2.75, 3.05) is 30.8 Å². The molecule has 46 heavy (non-hydrogen) atoms. The Morgan fingerprint density at radius 3 is 2.61 bits per heavy atom. The number of hydrogen-bond acceptors (Lipinski definition) is 10. The lowest BCUT2D eigenvalue weighted by Gasteiger charge is -2.18. The minimum absolute atomic E-state index is 0.0477. The number of carbonyl (C=O) groups is 1. The van der Waals surface area contributed by atoms with Crippen molar-refractivity contribution < 1.29 is 24.1 Å². The molecule has 1 aliphatic rings. The van der Waals surface area contributed by atoms with E-state index < -0.39 is 6.09 Å². The molecule has 1 saturated heterocycles. The fourth-order valence-electron chi connectivity index (χ4n) is 5.39. The lowest BCUT2D eigenvalue weighted by molar-refractivity contribution is -0.0197. The van der Waals surface area contributed by atoms with Crippen LogP contribution in [0.5, 0.6) is 5.75 Å². The predicted octanol–water partition coefficient (Wildman–Crippen LogP) is 5.05. The third-order valence-electron chi connectivity index (χ3n) is 7.72. The highest BCUT2D eigenvalue weighted by Gasteiger charge is 2.30. The Morgan fingerprint density at radius 1 is 1.02 bits per heavy atom. The molecule has 5 aromatic rings. The summed E-state index contributed by atoms with van der Waals surface area (Å²) in [5.41, 5.74) is 11.1. The van der Waals surface area contributed by atoms with Crippen molar-refractivity contribution in [2.24, 2.45) is 0 Å². The lowest BCUT2D eigenvalue weighted by atomic mass is 10.0. The number of amides is 1. The van der Waals surface area contributed by atoms with Gasteiger partial charge in [0.15, 0.2) is 17.0 Å². The molecule has 0 bridgehead atoms. The van der Waals surface area contributed by atoms with Gasteiger partial charge < -0.3 is 35.7 Å². The van der Waals surface area contributed by atoms with E-state index >= 15 is 0 Å². The van der Waals surface area contributed by atoms with Gasteiger partial charge in [0.1, 0.15) is 24.9 Å².